The molecule has 0 N–H and O–H groups in total. The van der Waals surface area contributed by atoms with Crippen molar-refractivity contribution in [2.75, 3.05) is 0 Å². The lowest BCUT2D eigenvalue weighted by atomic mass is 10.0. The predicted molar refractivity (Wildman–Crippen MR) is 75.1 cm³/mol. The first-order valence-electron chi connectivity index (χ1n) is 6.29. The van der Waals surface area contributed by atoms with Crippen LogP contribution in [0, 0.1) is 0 Å². The number of rotatable bonds is 2. The molecule has 0 unspecified atom stereocenters. The van der Waals surface area contributed by atoms with E-state index in [2.05, 4.69) is 43.1 Å². The largest absolute Gasteiger partial charge is 0.256 e. The molecule has 0 aliphatic rings. The van der Waals surface area contributed by atoms with Gasteiger partial charge in [0.05, 0.1) is 5.69 Å². The van der Waals surface area contributed by atoms with Gasteiger partial charge in [-0.3, -0.25) is 4.98 Å². The van der Waals surface area contributed by atoms with E-state index in [1.54, 1.807) is 0 Å². The van der Waals surface area contributed by atoms with Gasteiger partial charge in [-0.25, -0.2) is 0 Å². The molecule has 1 aromatic carbocycles. The average Bonchev–Trinajstić information content (AvgIpc) is 2.42. The van der Waals surface area contributed by atoms with Crippen LogP contribution < -0.4 is 0 Å². The Morgan fingerprint density at radius 1 is 0.882 bits per heavy atom. The van der Waals surface area contributed by atoms with Crippen molar-refractivity contribution in [3.63, 3.8) is 0 Å². The molecule has 17 heavy (non-hydrogen) atoms. The smallest absolute Gasteiger partial charge is 0.0701 e. The van der Waals surface area contributed by atoms with Crippen molar-refractivity contribution in [1.29, 1.82) is 0 Å². The van der Waals surface area contributed by atoms with Gasteiger partial charge in [0.25, 0.3) is 0 Å². The summed E-state index contributed by atoms with van der Waals surface area (Å²) in [5.41, 5.74) is 3.59. The summed E-state index contributed by atoms with van der Waals surface area (Å²) < 4.78 is 0. The molecule has 0 spiro atoms. The molecule has 1 heterocycles. The van der Waals surface area contributed by atoms with Crippen LogP contribution >= 0.6 is 0 Å². The minimum Gasteiger partial charge on any atom is -0.256 e. The number of pyridine rings is 1. The topological polar surface area (TPSA) is 12.9 Å². The molecule has 0 amide bonds. The maximum absolute atomic E-state index is 4.32. The maximum atomic E-state index is 4.32. The molecule has 1 aromatic heterocycles. The van der Waals surface area contributed by atoms with Crippen molar-refractivity contribution in [2.45, 2.75) is 33.6 Å². The number of hydrogen-bond donors (Lipinski definition) is 0. The number of hydrogen-bond acceptors (Lipinski definition) is 1. The lowest BCUT2D eigenvalue weighted by Gasteiger charge is -2.06. The lowest BCUT2D eigenvalue weighted by molar-refractivity contribution is 0.867. The summed E-state index contributed by atoms with van der Waals surface area (Å²) in [6.07, 6.45) is 1.83. The van der Waals surface area contributed by atoms with Crippen molar-refractivity contribution in [2.24, 2.45) is 0 Å². The Kier molecular flexibility index (Phi) is 5.41. The normalized spacial score (nSPS) is 9.71. The molecule has 2 aromatic rings. The van der Waals surface area contributed by atoms with Gasteiger partial charge in [0.1, 0.15) is 0 Å². The third-order valence-corrected chi connectivity index (χ3v) is 2.54. The Balaban J connectivity index is 0.000000686. The monoisotopic (exact) mass is 227 g/mol. The summed E-state index contributed by atoms with van der Waals surface area (Å²) in [6, 6.07) is 14.6. The third-order valence-electron chi connectivity index (χ3n) is 2.54. The van der Waals surface area contributed by atoms with Crippen LogP contribution in [0.5, 0.6) is 0 Å². The number of nitrogens with zero attached hydrogens (tertiary/aromatic N) is 1. The average molecular weight is 227 g/mol. The second-order valence-electron chi connectivity index (χ2n) is 3.99. The molecular weight excluding hydrogens is 206 g/mol. The molecule has 1 heteroatoms. The zero-order valence-corrected chi connectivity index (χ0v) is 11.1. The lowest BCUT2D eigenvalue weighted by Crippen LogP contribution is -1.87. The van der Waals surface area contributed by atoms with Gasteiger partial charge in [-0.05, 0) is 23.6 Å². The minimum absolute atomic E-state index is 0.586. The van der Waals surface area contributed by atoms with E-state index in [1.807, 2.05) is 38.2 Å². The van der Waals surface area contributed by atoms with Crippen molar-refractivity contribution in [1.82, 2.24) is 4.98 Å². The first-order valence-corrected chi connectivity index (χ1v) is 6.29. The summed E-state index contributed by atoms with van der Waals surface area (Å²) in [5, 5.41) is 0. The zero-order chi connectivity index (χ0) is 12.7. The number of benzene rings is 1. The molecule has 0 aliphatic carbocycles. The maximum Gasteiger partial charge on any atom is 0.0701 e. The van der Waals surface area contributed by atoms with Crippen LogP contribution in [0.25, 0.3) is 11.3 Å². The standard InChI is InChI=1S/C14H15N.C2H6/c1-11(2)12-6-8-13(9-7-12)14-5-3-4-10-15-14;1-2/h3-11H,1-2H3;1-2H3. The van der Waals surface area contributed by atoms with Gasteiger partial charge < -0.3 is 0 Å². The first kappa shape index (κ1) is 13.4. The van der Waals surface area contributed by atoms with Gasteiger partial charge in [-0.2, -0.15) is 0 Å². The summed E-state index contributed by atoms with van der Waals surface area (Å²) >= 11 is 0. The molecule has 0 bridgehead atoms. The van der Waals surface area contributed by atoms with Crippen LogP contribution in [0.2, 0.25) is 0 Å². The third kappa shape index (κ3) is 3.70. The van der Waals surface area contributed by atoms with E-state index in [9.17, 15) is 0 Å². The van der Waals surface area contributed by atoms with E-state index in [1.165, 1.54) is 11.1 Å². The van der Waals surface area contributed by atoms with E-state index in [0.29, 0.717) is 5.92 Å². The van der Waals surface area contributed by atoms with Gasteiger partial charge in [0, 0.05) is 11.8 Å². The Labute approximate surface area is 105 Å². The van der Waals surface area contributed by atoms with Crippen LogP contribution in [-0.2, 0) is 0 Å². The predicted octanol–water partition coefficient (Wildman–Crippen LogP) is 4.90. The molecule has 0 atom stereocenters. The fourth-order valence-electron chi connectivity index (χ4n) is 1.57. The highest BCUT2D eigenvalue weighted by Crippen LogP contribution is 2.20. The molecule has 0 saturated heterocycles. The second kappa shape index (κ2) is 6.85. The Hall–Kier alpha value is -1.63. The van der Waals surface area contributed by atoms with Crippen LogP contribution in [-0.4, -0.2) is 4.98 Å². The summed E-state index contributed by atoms with van der Waals surface area (Å²) in [6.45, 7) is 8.41. The van der Waals surface area contributed by atoms with Crippen LogP contribution in [0.15, 0.2) is 48.7 Å². The van der Waals surface area contributed by atoms with Gasteiger partial charge >= 0.3 is 0 Å². The van der Waals surface area contributed by atoms with Crippen molar-refractivity contribution < 1.29 is 0 Å². The summed E-state index contributed by atoms with van der Waals surface area (Å²) in [4.78, 5) is 4.32. The highest BCUT2D eigenvalue weighted by molar-refractivity contribution is 5.59. The SMILES string of the molecule is CC.CC(C)c1ccc(-c2ccccn2)cc1. The van der Waals surface area contributed by atoms with E-state index in [0.717, 1.165) is 5.69 Å². The molecule has 90 valence electrons. The van der Waals surface area contributed by atoms with E-state index < -0.39 is 0 Å². The van der Waals surface area contributed by atoms with Gasteiger partial charge in [0.15, 0.2) is 0 Å². The Morgan fingerprint density at radius 3 is 2.00 bits per heavy atom. The molecule has 0 radical (unpaired) electrons. The van der Waals surface area contributed by atoms with E-state index in [4.69, 9.17) is 0 Å². The second-order valence-corrected chi connectivity index (χ2v) is 3.99. The van der Waals surface area contributed by atoms with Gasteiger partial charge in [0.2, 0.25) is 0 Å². The fourth-order valence-corrected chi connectivity index (χ4v) is 1.57. The molecule has 1 nitrogen and oxygen atoms in total. The van der Waals surface area contributed by atoms with Crippen molar-refractivity contribution in [3.8, 4) is 11.3 Å². The van der Waals surface area contributed by atoms with Gasteiger partial charge in [-0.15, -0.1) is 0 Å². The first-order chi connectivity index (χ1) is 8.27. The molecule has 0 fully saturated rings. The van der Waals surface area contributed by atoms with Crippen molar-refractivity contribution in [3.05, 3.63) is 54.2 Å². The van der Waals surface area contributed by atoms with E-state index in [-0.39, 0.29) is 0 Å². The minimum atomic E-state index is 0.586. The summed E-state index contributed by atoms with van der Waals surface area (Å²) in [5.74, 6) is 0.586. The quantitative estimate of drug-likeness (QED) is 0.711. The van der Waals surface area contributed by atoms with Crippen LogP contribution in [0.4, 0.5) is 0 Å². The highest BCUT2D eigenvalue weighted by Gasteiger charge is 2.00. The Morgan fingerprint density at radius 2 is 1.53 bits per heavy atom. The van der Waals surface area contributed by atoms with Gasteiger partial charge in [-0.1, -0.05) is 58.0 Å². The van der Waals surface area contributed by atoms with Crippen LogP contribution in [0.3, 0.4) is 0 Å². The molecule has 2 rings (SSSR count). The van der Waals surface area contributed by atoms with E-state index >= 15 is 0 Å². The number of aromatic nitrogens is 1. The van der Waals surface area contributed by atoms with Crippen LogP contribution in [0.1, 0.15) is 39.2 Å². The molecule has 0 saturated carbocycles. The molecule has 0 aliphatic heterocycles. The highest BCUT2D eigenvalue weighted by atomic mass is 14.7. The Bertz CT molecular complexity index is 415. The molecular formula is C16H21N. The zero-order valence-electron chi connectivity index (χ0n) is 11.1. The summed E-state index contributed by atoms with van der Waals surface area (Å²) in [7, 11) is 0. The fraction of sp³-hybridized carbons (Fsp3) is 0.312. The van der Waals surface area contributed by atoms with Crippen molar-refractivity contribution >= 4 is 0 Å².